The van der Waals surface area contributed by atoms with Crippen LogP contribution in [0.4, 0.5) is 0 Å². The molecule has 1 aromatic rings. The molecule has 0 aromatic carbocycles. The smallest absolute Gasteiger partial charge is 0.140 e. The summed E-state index contributed by atoms with van der Waals surface area (Å²) >= 11 is 0. The van der Waals surface area contributed by atoms with Gasteiger partial charge >= 0.3 is 0 Å². The number of pyridine rings is 1. The van der Waals surface area contributed by atoms with Gasteiger partial charge in [0.05, 0.1) is 6.61 Å². The molecule has 0 unspecified atom stereocenters. The van der Waals surface area contributed by atoms with Crippen LogP contribution in [0.25, 0.3) is 0 Å². The van der Waals surface area contributed by atoms with Crippen molar-refractivity contribution in [3.63, 3.8) is 0 Å². The number of aliphatic hydroxyl groups is 1. The van der Waals surface area contributed by atoms with Gasteiger partial charge < -0.3 is 10.4 Å². The average Bonchev–Trinajstić information content (AvgIpc) is 2.41. The Morgan fingerprint density at radius 1 is 1.47 bits per heavy atom. The van der Waals surface area contributed by atoms with Crippen LogP contribution in [-0.2, 0) is 6.54 Å². The normalized spacial score (nSPS) is 11.2. The molecule has 0 radical (unpaired) electrons. The van der Waals surface area contributed by atoms with Gasteiger partial charge in [0.15, 0.2) is 0 Å². The molecular formula is C13H19N3O. The molecule has 0 bridgehead atoms. The third-order valence-corrected chi connectivity index (χ3v) is 3.26. The van der Waals surface area contributed by atoms with Crippen molar-refractivity contribution in [1.82, 2.24) is 10.3 Å². The highest BCUT2D eigenvalue weighted by atomic mass is 16.3. The molecule has 0 saturated carbocycles. The van der Waals surface area contributed by atoms with Crippen LogP contribution in [0.5, 0.6) is 0 Å². The van der Waals surface area contributed by atoms with Gasteiger partial charge in [-0.2, -0.15) is 5.26 Å². The molecule has 0 atom stereocenters. The van der Waals surface area contributed by atoms with E-state index in [2.05, 4.69) is 24.1 Å². The van der Waals surface area contributed by atoms with Gasteiger partial charge in [0, 0.05) is 18.3 Å². The lowest BCUT2D eigenvalue weighted by molar-refractivity contribution is 0.149. The highest BCUT2D eigenvalue weighted by Crippen LogP contribution is 2.15. The summed E-state index contributed by atoms with van der Waals surface area (Å²) in [6, 6.07) is 5.66. The molecule has 2 N–H and O–H groups in total. The molecule has 0 fully saturated rings. The molecule has 1 aromatic heterocycles. The molecule has 0 amide bonds. The number of nitrogens with one attached hydrogen (secondary N) is 1. The van der Waals surface area contributed by atoms with E-state index in [9.17, 15) is 5.11 Å². The zero-order valence-corrected chi connectivity index (χ0v) is 10.4. The third-order valence-electron chi connectivity index (χ3n) is 3.26. The fourth-order valence-corrected chi connectivity index (χ4v) is 1.71. The second-order valence-electron chi connectivity index (χ2n) is 4.16. The summed E-state index contributed by atoms with van der Waals surface area (Å²) < 4.78 is 0. The van der Waals surface area contributed by atoms with Crippen molar-refractivity contribution >= 4 is 0 Å². The Morgan fingerprint density at radius 3 is 2.71 bits per heavy atom. The maximum atomic E-state index is 9.43. The number of aliphatic hydroxyl groups excluding tert-OH is 1. The summed E-state index contributed by atoms with van der Waals surface area (Å²) in [7, 11) is 0. The first-order valence-electron chi connectivity index (χ1n) is 5.90. The van der Waals surface area contributed by atoms with E-state index >= 15 is 0 Å². The van der Waals surface area contributed by atoms with Gasteiger partial charge in [0.1, 0.15) is 11.8 Å². The Hall–Kier alpha value is -1.44. The minimum atomic E-state index is -0.226. The Bertz CT molecular complexity index is 386. The largest absolute Gasteiger partial charge is 0.394 e. The fraction of sp³-hybridized carbons (Fsp3) is 0.538. The van der Waals surface area contributed by atoms with Crippen LogP contribution in [-0.4, -0.2) is 22.2 Å². The van der Waals surface area contributed by atoms with E-state index in [4.69, 9.17) is 5.26 Å². The van der Waals surface area contributed by atoms with E-state index in [1.807, 2.05) is 12.1 Å². The number of nitriles is 1. The topological polar surface area (TPSA) is 68.9 Å². The molecule has 0 aliphatic heterocycles. The van der Waals surface area contributed by atoms with Crippen LogP contribution in [0.1, 0.15) is 37.9 Å². The highest BCUT2D eigenvalue weighted by Gasteiger charge is 2.23. The van der Waals surface area contributed by atoms with Gasteiger partial charge in [-0.15, -0.1) is 0 Å². The maximum absolute atomic E-state index is 9.43. The predicted octanol–water partition coefficient (Wildman–Crippen LogP) is 1.59. The average molecular weight is 233 g/mol. The zero-order valence-electron chi connectivity index (χ0n) is 10.4. The molecule has 1 rings (SSSR count). The minimum Gasteiger partial charge on any atom is -0.394 e. The Balaban J connectivity index is 2.69. The summed E-state index contributed by atoms with van der Waals surface area (Å²) in [4.78, 5) is 3.92. The van der Waals surface area contributed by atoms with Crippen molar-refractivity contribution in [2.75, 3.05) is 6.61 Å². The standard InChI is InChI=1S/C13H19N3O/c1-3-13(4-2,10-17)16-9-11-5-6-15-12(7-11)8-14/h5-7,16-17H,3-4,9-10H2,1-2H3. The van der Waals surface area contributed by atoms with Gasteiger partial charge in [-0.3, -0.25) is 0 Å². The summed E-state index contributed by atoms with van der Waals surface area (Å²) in [5, 5.41) is 21.5. The molecule has 92 valence electrons. The quantitative estimate of drug-likeness (QED) is 0.783. The fourth-order valence-electron chi connectivity index (χ4n) is 1.71. The molecule has 0 aliphatic carbocycles. The van der Waals surface area contributed by atoms with Gasteiger partial charge in [0.2, 0.25) is 0 Å². The lowest BCUT2D eigenvalue weighted by atomic mass is 9.93. The Morgan fingerprint density at radius 2 is 2.18 bits per heavy atom. The molecule has 4 heteroatoms. The first kappa shape index (κ1) is 13.6. The van der Waals surface area contributed by atoms with E-state index in [0.29, 0.717) is 12.2 Å². The van der Waals surface area contributed by atoms with E-state index in [-0.39, 0.29) is 12.1 Å². The first-order valence-corrected chi connectivity index (χ1v) is 5.90. The van der Waals surface area contributed by atoms with Crippen LogP contribution in [0.15, 0.2) is 18.3 Å². The van der Waals surface area contributed by atoms with E-state index in [0.717, 1.165) is 18.4 Å². The molecule has 0 saturated heterocycles. The second kappa shape index (κ2) is 6.33. The monoisotopic (exact) mass is 233 g/mol. The maximum Gasteiger partial charge on any atom is 0.140 e. The number of hydrogen-bond donors (Lipinski definition) is 2. The van der Waals surface area contributed by atoms with Gasteiger partial charge in [-0.25, -0.2) is 4.98 Å². The molecular weight excluding hydrogens is 214 g/mol. The zero-order chi connectivity index (χ0) is 12.7. The predicted molar refractivity (Wildman–Crippen MR) is 66.2 cm³/mol. The number of hydrogen-bond acceptors (Lipinski definition) is 4. The first-order chi connectivity index (χ1) is 8.19. The van der Waals surface area contributed by atoms with Crippen molar-refractivity contribution in [3.8, 4) is 6.07 Å². The second-order valence-corrected chi connectivity index (χ2v) is 4.16. The van der Waals surface area contributed by atoms with Crippen LogP contribution in [0.2, 0.25) is 0 Å². The van der Waals surface area contributed by atoms with Crippen LogP contribution in [0, 0.1) is 11.3 Å². The SMILES string of the molecule is CCC(CC)(CO)NCc1ccnc(C#N)c1. The Labute approximate surface area is 102 Å². The summed E-state index contributed by atoms with van der Waals surface area (Å²) in [5.74, 6) is 0. The van der Waals surface area contributed by atoms with E-state index < -0.39 is 0 Å². The minimum absolute atomic E-state index is 0.121. The van der Waals surface area contributed by atoms with Crippen molar-refractivity contribution in [1.29, 1.82) is 5.26 Å². The van der Waals surface area contributed by atoms with E-state index in [1.165, 1.54) is 0 Å². The third kappa shape index (κ3) is 3.52. The van der Waals surface area contributed by atoms with Crippen LogP contribution in [0.3, 0.4) is 0 Å². The number of rotatable bonds is 6. The van der Waals surface area contributed by atoms with Crippen molar-refractivity contribution in [2.45, 2.75) is 38.8 Å². The highest BCUT2D eigenvalue weighted by molar-refractivity contribution is 5.25. The lowest BCUT2D eigenvalue weighted by Gasteiger charge is -2.31. The molecule has 17 heavy (non-hydrogen) atoms. The van der Waals surface area contributed by atoms with Gasteiger partial charge in [0.25, 0.3) is 0 Å². The van der Waals surface area contributed by atoms with Gasteiger partial charge in [-0.05, 0) is 30.5 Å². The molecule has 0 aliphatic rings. The lowest BCUT2D eigenvalue weighted by Crippen LogP contribution is -2.47. The van der Waals surface area contributed by atoms with E-state index in [1.54, 1.807) is 12.3 Å². The summed E-state index contributed by atoms with van der Waals surface area (Å²) in [6.07, 6.45) is 3.38. The van der Waals surface area contributed by atoms with Crippen molar-refractivity contribution in [2.24, 2.45) is 0 Å². The summed E-state index contributed by atoms with van der Waals surface area (Å²) in [5.41, 5.74) is 1.21. The van der Waals surface area contributed by atoms with Crippen LogP contribution < -0.4 is 5.32 Å². The van der Waals surface area contributed by atoms with Crippen LogP contribution >= 0.6 is 0 Å². The summed E-state index contributed by atoms with van der Waals surface area (Å²) in [6.45, 7) is 4.87. The molecule has 0 spiro atoms. The Kier molecular flexibility index (Phi) is 5.08. The number of aromatic nitrogens is 1. The van der Waals surface area contributed by atoms with Crippen molar-refractivity contribution in [3.05, 3.63) is 29.6 Å². The van der Waals surface area contributed by atoms with Crippen molar-refractivity contribution < 1.29 is 5.11 Å². The van der Waals surface area contributed by atoms with Gasteiger partial charge in [-0.1, -0.05) is 13.8 Å². The number of nitrogens with zero attached hydrogens (tertiary/aromatic N) is 2. The molecule has 1 heterocycles. The molecule has 4 nitrogen and oxygen atoms in total.